The van der Waals surface area contributed by atoms with Crippen LogP contribution in [0.25, 0.3) is 6.08 Å². The molecule has 1 aromatic carbocycles. The number of fused-ring (bicyclic) bond motifs is 1. The molecule has 0 saturated heterocycles. The molecule has 2 aromatic rings. The van der Waals surface area contributed by atoms with Crippen LogP contribution in [0.15, 0.2) is 47.9 Å². The lowest BCUT2D eigenvalue weighted by Gasteiger charge is -2.32. The van der Waals surface area contributed by atoms with E-state index < -0.39 is 0 Å². The number of nitrogens with zero attached hydrogens (tertiary/aromatic N) is 1. The first kappa shape index (κ1) is 13.1. The van der Waals surface area contributed by atoms with Crippen molar-refractivity contribution in [1.82, 2.24) is 4.90 Å². The maximum absolute atomic E-state index is 12.4. The smallest absolute Gasteiger partial charge is 0.247 e. The SMILES string of the molecule is CC1c2ccsc2CCN1C(=O)/C=C/c1ccccc1. The van der Waals surface area contributed by atoms with Gasteiger partial charge in [0, 0.05) is 17.5 Å². The summed E-state index contributed by atoms with van der Waals surface area (Å²) >= 11 is 1.80. The normalized spacial score (nSPS) is 18.2. The highest BCUT2D eigenvalue weighted by Gasteiger charge is 2.26. The number of amides is 1. The molecule has 0 N–H and O–H groups in total. The van der Waals surface area contributed by atoms with Crippen molar-refractivity contribution in [1.29, 1.82) is 0 Å². The molecule has 3 rings (SSSR count). The number of carbonyl (C=O) groups is 1. The summed E-state index contributed by atoms with van der Waals surface area (Å²) in [5.41, 5.74) is 2.37. The van der Waals surface area contributed by atoms with Gasteiger partial charge < -0.3 is 4.90 Å². The standard InChI is InChI=1S/C17H17NOS/c1-13-15-10-12-20-16(15)9-11-18(13)17(19)8-7-14-5-3-2-4-6-14/h2-8,10,12-13H,9,11H2,1H3/b8-7+. The van der Waals surface area contributed by atoms with E-state index in [-0.39, 0.29) is 11.9 Å². The molecule has 0 radical (unpaired) electrons. The van der Waals surface area contributed by atoms with Crippen LogP contribution in [0.5, 0.6) is 0 Å². The van der Waals surface area contributed by atoms with Gasteiger partial charge in [0.25, 0.3) is 0 Å². The van der Waals surface area contributed by atoms with Gasteiger partial charge >= 0.3 is 0 Å². The molecule has 1 aliphatic heterocycles. The summed E-state index contributed by atoms with van der Waals surface area (Å²) in [5, 5.41) is 2.12. The Morgan fingerprint density at radius 1 is 1.30 bits per heavy atom. The maximum Gasteiger partial charge on any atom is 0.247 e. The van der Waals surface area contributed by atoms with Crippen LogP contribution in [0, 0.1) is 0 Å². The lowest BCUT2D eigenvalue weighted by molar-refractivity contribution is -0.128. The van der Waals surface area contributed by atoms with Crippen LogP contribution in [0.4, 0.5) is 0 Å². The first-order valence-electron chi connectivity index (χ1n) is 6.85. The van der Waals surface area contributed by atoms with Crippen LogP contribution in [0.1, 0.15) is 29.0 Å². The van der Waals surface area contributed by atoms with E-state index >= 15 is 0 Å². The number of benzene rings is 1. The van der Waals surface area contributed by atoms with Gasteiger partial charge in [0.15, 0.2) is 0 Å². The van der Waals surface area contributed by atoms with E-state index in [1.165, 1.54) is 10.4 Å². The Kier molecular flexibility index (Phi) is 3.70. The van der Waals surface area contributed by atoms with E-state index in [1.807, 2.05) is 41.3 Å². The predicted molar refractivity (Wildman–Crippen MR) is 83.6 cm³/mol. The monoisotopic (exact) mass is 283 g/mol. The molecule has 1 aliphatic rings. The number of carbonyl (C=O) groups excluding carboxylic acids is 1. The Balaban J connectivity index is 1.74. The largest absolute Gasteiger partial charge is 0.332 e. The van der Waals surface area contributed by atoms with E-state index in [0.29, 0.717) is 0 Å². The third-order valence-electron chi connectivity index (χ3n) is 3.78. The van der Waals surface area contributed by atoms with E-state index in [2.05, 4.69) is 18.4 Å². The first-order valence-corrected chi connectivity index (χ1v) is 7.73. The molecular formula is C17H17NOS. The quantitative estimate of drug-likeness (QED) is 0.765. The molecule has 1 atom stereocenters. The van der Waals surface area contributed by atoms with Crippen molar-refractivity contribution >= 4 is 23.3 Å². The van der Waals surface area contributed by atoms with Gasteiger partial charge in [-0.25, -0.2) is 0 Å². The van der Waals surface area contributed by atoms with Crippen LogP contribution < -0.4 is 0 Å². The topological polar surface area (TPSA) is 20.3 Å². The summed E-state index contributed by atoms with van der Waals surface area (Å²) in [7, 11) is 0. The average Bonchev–Trinajstić information content (AvgIpc) is 2.96. The third-order valence-corrected chi connectivity index (χ3v) is 4.77. The Morgan fingerprint density at radius 2 is 2.10 bits per heavy atom. The lowest BCUT2D eigenvalue weighted by atomic mass is 10.0. The molecule has 1 unspecified atom stereocenters. The van der Waals surface area contributed by atoms with E-state index in [4.69, 9.17) is 0 Å². The molecule has 0 bridgehead atoms. The van der Waals surface area contributed by atoms with Crippen molar-refractivity contribution in [2.75, 3.05) is 6.54 Å². The Labute approximate surface area is 123 Å². The van der Waals surface area contributed by atoms with Crippen LogP contribution in [-0.4, -0.2) is 17.4 Å². The molecule has 3 heteroatoms. The summed E-state index contributed by atoms with van der Waals surface area (Å²) in [4.78, 5) is 15.7. The summed E-state index contributed by atoms with van der Waals surface area (Å²) in [6.07, 6.45) is 4.55. The maximum atomic E-state index is 12.4. The zero-order chi connectivity index (χ0) is 13.9. The fourth-order valence-corrected chi connectivity index (χ4v) is 3.60. The minimum Gasteiger partial charge on any atom is -0.332 e. The molecule has 1 aromatic heterocycles. The number of hydrogen-bond donors (Lipinski definition) is 0. The highest BCUT2D eigenvalue weighted by Crippen LogP contribution is 2.32. The van der Waals surface area contributed by atoms with Gasteiger partial charge in [-0.15, -0.1) is 11.3 Å². The minimum atomic E-state index is 0.0956. The van der Waals surface area contributed by atoms with Gasteiger partial charge in [0.1, 0.15) is 0 Å². The average molecular weight is 283 g/mol. The van der Waals surface area contributed by atoms with Gasteiger partial charge in [0.05, 0.1) is 6.04 Å². The fourth-order valence-electron chi connectivity index (χ4n) is 2.64. The van der Waals surface area contributed by atoms with Crippen molar-refractivity contribution in [3.05, 3.63) is 63.9 Å². The van der Waals surface area contributed by atoms with Gasteiger partial charge in [0.2, 0.25) is 5.91 Å². The Hall–Kier alpha value is -1.87. The van der Waals surface area contributed by atoms with E-state index in [9.17, 15) is 4.79 Å². The van der Waals surface area contributed by atoms with Crippen molar-refractivity contribution in [2.24, 2.45) is 0 Å². The molecular weight excluding hydrogens is 266 g/mol. The van der Waals surface area contributed by atoms with Crippen molar-refractivity contribution < 1.29 is 4.79 Å². The molecule has 2 heterocycles. The van der Waals surface area contributed by atoms with Gasteiger partial charge in [-0.1, -0.05) is 30.3 Å². The minimum absolute atomic E-state index is 0.0956. The Bertz CT molecular complexity index is 629. The van der Waals surface area contributed by atoms with Crippen molar-refractivity contribution in [3.8, 4) is 0 Å². The molecule has 2 nitrogen and oxygen atoms in total. The molecule has 1 amide bonds. The van der Waals surface area contributed by atoms with Crippen molar-refractivity contribution in [3.63, 3.8) is 0 Å². The summed E-state index contributed by atoms with van der Waals surface area (Å²) in [6.45, 7) is 2.92. The van der Waals surface area contributed by atoms with Gasteiger partial charge in [-0.2, -0.15) is 0 Å². The van der Waals surface area contributed by atoms with Crippen LogP contribution in [0.3, 0.4) is 0 Å². The fraction of sp³-hybridized carbons (Fsp3) is 0.235. The number of hydrogen-bond acceptors (Lipinski definition) is 2. The molecule has 0 fully saturated rings. The number of thiophene rings is 1. The summed E-state index contributed by atoms with van der Waals surface area (Å²) < 4.78 is 0. The van der Waals surface area contributed by atoms with Crippen LogP contribution in [0.2, 0.25) is 0 Å². The first-order chi connectivity index (χ1) is 9.75. The third kappa shape index (κ3) is 2.54. The predicted octanol–water partition coefficient (Wildman–Crippen LogP) is 3.91. The van der Waals surface area contributed by atoms with Crippen molar-refractivity contribution in [2.45, 2.75) is 19.4 Å². The zero-order valence-electron chi connectivity index (χ0n) is 11.5. The highest BCUT2D eigenvalue weighted by atomic mass is 32.1. The van der Waals surface area contributed by atoms with E-state index in [1.54, 1.807) is 17.4 Å². The molecule has 20 heavy (non-hydrogen) atoms. The zero-order valence-corrected chi connectivity index (χ0v) is 12.3. The molecule has 0 saturated carbocycles. The molecule has 102 valence electrons. The summed E-state index contributed by atoms with van der Waals surface area (Å²) in [5.74, 6) is 0.0956. The molecule has 0 aliphatic carbocycles. The van der Waals surface area contributed by atoms with Crippen LogP contribution in [-0.2, 0) is 11.2 Å². The molecule has 0 spiro atoms. The Morgan fingerprint density at radius 3 is 2.90 bits per heavy atom. The highest BCUT2D eigenvalue weighted by molar-refractivity contribution is 7.10. The lowest BCUT2D eigenvalue weighted by Crippen LogP contribution is -2.37. The second kappa shape index (κ2) is 5.63. The van der Waals surface area contributed by atoms with Gasteiger partial charge in [-0.3, -0.25) is 4.79 Å². The second-order valence-electron chi connectivity index (χ2n) is 5.00. The van der Waals surface area contributed by atoms with Crippen LogP contribution >= 0.6 is 11.3 Å². The second-order valence-corrected chi connectivity index (χ2v) is 6.00. The number of rotatable bonds is 2. The summed E-state index contributed by atoms with van der Waals surface area (Å²) in [6, 6.07) is 12.3. The van der Waals surface area contributed by atoms with Gasteiger partial charge in [-0.05, 0) is 42.0 Å². The van der Waals surface area contributed by atoms with E-state index in [0.717, 1.165) is 18.5 Å².